The summed E-state index contributed by atoms with van der Waals surface area (Å²) in [6.45, 7) is 1.84. The van der Waals surface area contributed by atoms with E-state index in [1.165, 1.54) is 6.07 Å². The number of carbonyl (C=O) groups excluding carboxylic acids is 1. The van der Waals surface area contributed by atoms with Gasteiger partial charge < -0.3 is 9.84 Å². The number of aromatic nitrogens is 1. The Kier molecular flexibility index (Phi) is 2.13. The number of phenols is 1. The smallest absolute Gasteiger partial charge is 0.196 e. The maximum atomic E-state index is 12.3. The van der Waals surface area contributed by atoms with Crippen molar-refractivity contribution in [3.63, 3.8) is 0 Å². The molecule has 0 bridgehead atoms. The number of rotatable bonds is 1. The zero-order chi connectivity index (χ0) is 12.9. The minimum Gasteiger partial charge on any atom is -0.508 e. The van der Waals surface area contributed by atoms with Crippen molar-refractivity contribution in [1.82, 2.24) is 4.98 Å². The molecule has 1 aliphatic rings. The molecular weight excluding hydrogens is 230 g/mol. The molecule has 1 aliphatic carbocycles. The molecule has 4 nitrogen and oxygen atoms in total. The first-order valence-corrected chi connectivity index (χ1v) is 5.55. The summed E-state index contributed by atoms with van der Waals surface area (Å²) in [6, 6.07) is 4.75. The second-order valence-corrected chi connectivity index (χ2v) is 4.23. The maximum Gasteiger partial charge on any atom is 0.196 e. The average Bonchev–Trinajstić information content (AvgIpc) is 2.64. The molecule has 18 heavy (non-hydrogen) atoms. The van der Waals surface area contributed by atoms with Crippen molar-refractivity contribution >= 4 is 5.78 Å². The van der Waals surface area contributed by atoms with Crippen molar-refractivity contribution in [2.24, 2.45) is 0 Å². The zero-order valence-corrected chi connectivity index (χ0v) is 10.0. The van der Waals surface area contributed by atoms with Gasteiger partial charge in [-0.25, -0.2) is 0 Å². The molecule has 2 aromatic rings. The van der Waals surface area contributed by atoms with Gasteiger partial charge in [0, 0.05) is 16.7 Å². The lowest BCUT2D eigenvalue weighted by molar-refractivity contribution is 0.104. The average molecular weight is 241 g/mol. The van der Waals surface area contributed by atoms with Gasteiger partial charge in [0.15, 0.2) is 5.78 Å². The first-order chi connectivity index (χ1) is 8.63. The summed E-state index contributed by atoms with van der Waals surface area (Å²) in [6.07, 6.45) is 1.61. The number of hydrogen-bond donors (Lipinski definition) is 1. The largest absolute Gasteiger partial charge is 0.508 e. The predicted octanol–water partition coefficient (Wildman–Crippen LogP) is 2.32. The summed E-state index contributed by atoms with van der Waals surface area (Å²) in [7, 11) is 1.55. The zero-order valence-electron chi connectivity index (χ0n) is 10.0. The number of ether oxygens (including phenoxy) is 1. The van der Waals surface area contributed by atoms with Crippen LogP contribution in [-0.2, 0) is 0 Å². The monoisotopic (exact) mass is 241 g/mol. The highest BCUT2D eigenvalue weighted by molar-refractivity contribution is 6.22. The van der Waals surface area contributed by atoms with E-state index in [4.69, 9.17) is 4.74 Å². The van der Waals surface area contributed by atoms with Gasteiger partial charge in [0.1, 0.15) is 11.5 Å². The molecule has 0 amide bonds. The lowest BCUT2D eigenvalue weighted by Crippen LogP contribution is -2.01. The van der Waals surface area contributed by atoms with Gasteiger partial charge in [0.25, 0.3) is 0 Å². The third kappa shape index (κ3) is 1.26. The van der Waals surface area contributed by atoms with Crippen LogP contribution in [0.15, 0.2) is 24.4 Å². The number of fused-ring (bicyclic) bond motifs is 3. The van der Waals surface area contributed by atoms with E-state index in [-0.39, 0.29) is 11.5 Å². The Labute approximate surface area is 104 Å². The molecule has 3 rings (SSSR count). The van der Waals surface area contributed by atoms with Crippen molar-refractivity contribution in [2.75, 3.05) is 7.11 Å². The van der Waals surface area contributed by atoms with Gasteiger partial charge in [0.05, 0.1) is 24.6 Å². The Morgan fingerprint density at radius 1 is 1.28 bits per heavy atom. The predicted molar refractivity (Wildman–Crippen MR) is 66.1 cm³/mol. The van der Waals surface area contributed by atoms with Gasteiger partial charge in [0.2, 0.25) is 0 Å². The van der Waals surface area contributed by atoms with E-state index in [1.807, 2.05) is 6.92 Å². The summed E-state index contributed by atoms with van der Waals surface area (Å²) in [5.74, 6) is 0.568. The van der Waals surface area contributed by atoms with Gasteiger partial charge in [-0.2, -0.15) is 0 Å². The molecule has 4 heteroatoms. The van der Waals surface area contributed by atoms with E-state index in [2.05, 4.69) is 4.98 Å². The molecule has 1 heterocycles. The van der Waals surface area contributed by atoms with E-state index >= 15 is 0 Å². The van der Waals surface area contributed by atoms with Crippen LogP contribution in [0.5, 0.6) is 11.5 Å². The van der Waals surface area contributed by atoms with E-state index in [1.54, 1.807) is 25.4 Å². The van der Waals surface area contributed by atoms with Crippen molar-refractivity contribution < 1.29 is 14.6 Å². The Balaban J connectivity index is 2.33. The standard InChI is InChI=1S/C14H11NO3/c1-7-11(18-2)6-15-13-9-4-3-8(16)5-10(9)14(17)12(7)13/h3-6,16H,1-2H3. The molecular formula is C14H11NO3. The number of methoxy groups -OCH3 is 1. The van der Waals surface area contributed by atoms with E-state index in [9.17, 15) is 9.90 Å². The number of pyridine rings is 1. The molecule has 0 unspecified atom stereocenters. The van der Waals surface area contributed by atoms with Crippen LogP contribution in [0.1, 0.15) is 21.5 Å². The molecule has 1 aromatic heterocycles. The first-order valence-electron chi connectivity index (χ1n) is 5.55. The second-order valence-electron chi connectivity index (χ2n) is 4.23. The fourth-order valence-corrected chi connectivity index (χ4v) is 2.33. The highest BCUT2D eigenvalue weighted by Gasteiger charge is 2.31. The number of carbonyl (C=O) groups is 1. The lowest BCUT2D eigenvalue weighted by Gasteiger charge is -2.07. The number of nitrogens with zero attached hydrogens (tertiary/aromatic N) is 1. The van der Waals surface area contributed by atoms with Crippen LogP contribution in [0, 0.1) is 6.92 Å². The first kappa shape index (κ1) is 10.8. The van der Waals surface area contributed by atoms with Crippen LogP contribution in [0.25, 0.3) is 11.3 Å². The topological polar surface area (TPSA) is 59.4 Å². The van der Waals surface area contributed by atoms with Gasteiger partial charge in [-0.3, -0.25) is 9.78 Å². The maximum absolute atomic E-state index is 12.3. The van der Waals surface area contributed by atoms with Crippen LogP contribution in [0.4, 0.5) is 0 Å². The molecule has 0 fully saturated rings. The molecule has 0 saturated heterocycles. The van der Waals surface area contributed by atoms with Gasteiger partial charge in [-0.15, -0.1) is 0 Å². The number of aromatic hydroxyl groups is 1. The second kappa shape index (κ2) is 3.57. The summed E-state index contributed by atoms with van der Waals surface area (Å²) in [4.78, 5) is 16.6. The summed E-state index contributed by atoms with van der Waals surface area (Å²) >= 11 is 0. The van der Waals surface area contributed by atoms with E-state index in [0.717, 1.165) is 11.1 Å². The van der Waals surface area contributed by atoms with Gasteiger partial charge in [-0.05, 0) is 25.1 Å². The summed E-state index contributed by atoms with van der Waals surface area (Å²) in [5.41, 5.74) is 3.26. The Bertz CT molecular complexity index is 677. The van der Waals surface area contributed by atoms with Crippen molar-refractivity contribution in [3.05, 3.63) is 41.1 Å². The van der Waals surface area contributed by atoms with E-state index in [0.29, 0.717) is 22.6 Å². The number of benzene rings is 1. The Morgan fingerprint density at radius 2 is 2.06 bits per heavy atom. The molecule has 0 aliphatic heterocycles. The number of phenolic OH excluding ortho intramolecular Hbond substituents is 1. The van der Waals surface area contributed by atoms with Crippen LogP contribution < -0.4 is 4.74 Å². The molecule has 0 atom stereocenters. The summed E-state index contributed by atoms with van der Waals surface area (Å²) in [5, 5.41) is 9.47. The lowest BCUT2D eigenvalue weighted by atomic mass is 10.1. The molecule has 0 radical (unpaired) electrons. The van der Waals surface area contributed by atoms with Crippen molar-refractivity contribution in [3.8, 4) is 22.8 Å². The van der Waals surface area contributed by atoms with Crippen LogP contribution in [-0.4, -0.2) is 23.0 Å². The van der Waals surface area contributed by atoms with Crippen LogP contribution >= 0.6 is 0 Å². The normalized spacial score (nSPS) is 12.2. The molecule has 90 valence electrons. The highest BCUT2D eigenvalue weighted by Crippen LogP contribution is 2.40. The third-order valence-electron chi connectivity index (χ3n) is 3.24. The number of ketones is 1. The van der Waals surface area contributed by atoms with Crippen molar-refractivity contribution in [2.45, 2.75) is 6.92 Å². The Hall–Kier alpha value is -2.36. The molecule has 0 saturated carbocycles. The van der Waals surface area contributed by atoms with Crippen LogP contribution in [0.2, 0.25) is 0 Å². The summed E-state index contributed by atoms with van der Waals surface area (Å²) < 4.78 is 5.18. The molecule has 1 aromatic carbocycles. The number of hydrogen-bond acceptors (Lipinski definition) is 4. The van der Waals surface area contributed by atoms with E-state index < -0.39 is 0 Å². The fourth-order valence-electron chi connectivity index (χ4n) is 2.33. The minimum atomic E-state index is -0.111. The van der Waals surface area contributed by atoms with Gasteiger partial charge in [-0.1, -0.05) is 0 Å². The minimum absolute atomic E-state index is 0.0829. The third-order valence-corrected chi connectivity index (χ3v) is 3.24. The SMILES string of the molecule is COc1cnc2c(c1C)C(=O)c1cc(O)ccc1-2. The molecule has 1 N–H and O–H groups in total. The van der Waals surface area contributed by atoms with Gasteiger partial charge >= 0.3 is 0 Å². The van der Waals surface area contributed by atoms with Crippen LogP contribution in [0.3, 0.4) is 0 Å². The fraction of sp³-hybridized carbons (Fsp3) is 0.143. The molecule has 0 spiro atoms. The van der Waals surface area contributed by atoms with Crippen molar-refractivity contribution in [1.29, 1.82) is 0 Å². The quantitative estimate of drug-likeness (QED) is 0.710. The Morgan fingerprint density at radius 3 is 2.78 bits per heavy atom. The highest BCUT2D eigenvalue weighted by atomic mass is 16.5.